The number of isocyanates is 1. The molecule has 0 aliphatic rings. The number of hydrogen-bond acceptors (Lipinski definition) is 3. The Bertz CT molecular complexity index is 372. The van der Waals surface area contributed by atoms with Crippen LogP contribution in [0.2, 0.25) is 5.02 Å². The van der Waals surface area contributed by atoms with Crippen molar-refractivity contribution in [3.63, 3.8) is 0 Å². The Hall–Kier alpha value is -1.31. The molecule has 1 aromatic carbocycles. The van der Waals surface area contributed by atoms with Crippen molar-refractivity contribution in [2.75, 3.05) is 7.11 Å². The van der Waals surface area contributed by atoms with Crippen molar-refractivity contribution in [2.45, 2.75) is 13.0 Å². The summed E-state index contributed by atoms with van der Waals surface area (Å²) in [5.41, 5.74) is 0.788. The summed E-state index contributed by atoms with van der Waals surface area (Å²) in [6.45, 7) is 1.78. The molecule has 0 spiro atoms. The number of halogens is 1. The normalized spacial score (nSPS) is 11.6. The summed E-state index contributed by atoms with van der Waals surface area (Å²) in [7, 11) is 1.57. The van der Waals surface area contributed by atoms with Crippen LogP contribution in [0.3, 0.4) is 0 Å². The lowest BCUT2D eigenvalue weighted by Gasteiger charge is -2.08. The number of rotatable bonds is 3. The second-order valence-electron chi connectivity index (χ2n) is 2.78. The number of hydrogen-bond donors (Lipinski definition) is 0. The Labute approximate surface area is 87.4 Å². The number of methoxy groups -OCH3 is 1. The summed E-state index contributed by atoms with van der Waals surface area (Å²) >= 11 is 5.97. The minimum atomic E-state index is -0.272. The average Bonchev–Trinajstić information content (AvgIpc) is 2.17. The lowest BCUT2D eigenvalue weighted by atomic mass is 10.1. The van der Waals surface area contributed by atoms with Crippen LogP contribution < -0.4 is 4.74 Å². The van der Waals surface area contributed by atoms with Crippen molar-refractivity contribution in [3.8, 4) is 5.75 Å². The number of benzene rings is 1. The van der Waals surface area contributed by atoms with E-state index in [0.717, 1.165) is 5.56 Å². The molecule has 0 heterocycles. The van der Waals surface area contributed by atoms with Gasteiger partial charge in [0.05, 0.1) is 13.2 Å². The summed E-state index contributed by atoms with van der Waals surface area (Å²) in [6, 6.07) is 4.98. The van der Waals surface area contributed by atoms with E-state index >= 15 is 0 Å². The van der Waals surface area contributed by atoms with Crippen LogP contribution in [0.1, 0.15) is 18.5 Å². The van der Waals surface area contributed by atoms with Crippen LogP contribution in [-0.4, -0.2) is 13.2 Å². The molecule has 0 saturated carbocycles. The van der Waals surface area contributed by atoms with Crippen LogP contribution >= 0.6 is 11.6 Å². The van der Waals surface area contributed by atoms with Gasteiger partial charge in [-0.1, -0.05) is 17.7 Å². The molecule has 1 aromatic rings. The van der Waals surface area contributed by atoms with Crippen molar-refractivity contribution < 1.29 is 9.53 Å². The van der Waals surface area contributed by atoms with Crippen LogP contribution in [0, 0.1) is 0 Å². The SMILES string of the molecule is COc1ccc(C(C)N=C=O)c(Cl)c1. The third-order valence-corrected chi connectivity index (χ3v) is 2.23. The first-order chi connectivity index (χ1) is 6.69. The van der Waals surface area contributed by atoms with Crippen LogP contribution in [0.4, 0.5) is 0 Å². The smallest absolute Gasteiger partial charge is 0.235 e. The van der Waals surface area contributed by atoms with Crippen molar-refractivity contribution in [1.82, 2.24) is 0 Å². The van der Waals surface area contributed by atoms with E-state index < -0.39 is 0 Å². The number of carbonyl (C=O) groups excluding carboxylic acids is 1. The summed E-state index contributed by atoms with van der Waals surface area (Å²) in [5, 5.41) is 0.538. The van der Waals surface area contributed by atoms with Crippen LogP contribution in [0.15, 0.2) is 23.2 Å². The highest BCUT2D eigenvalue weighted by Gasteiger charge is 2.08. The van der Waals surface area contributed by atoms with E-state index in [-0.39, 0.29) is 6.04 Å². The van der Waals surface area contributed by atoms with Crippen molar-refractivity contribution in [2.24, 2.45) is 4.99 Å². The molecule has 0 aliphatic carbocycles. The van der Waals surface area contributed by atoms with Gasteiger partial charge in [-0.25, -0.2) is 4.79 Å². The Morgan fingerprint density at radius 3 is 2.79 bits per heavy atom. The lowest BCUT2D eigenvalue weighted by Crippen LogP contribution is -1.91. The Morgan fingerprint density at radius 2 is 2.29 bits per heavy atom. The van der Waals surface area contributed by atoms with Gasteiger partial charge < -0.3 is 4.74 Å². The molecule has 0 aliphatic heterocycles. The molecular weight excluding hydrogens is 202 g/mol. The minimum Gasteiger partial charge on any atom is -0.497 e. The third kappa shape index (κ3) is 2.34. The molecular formula is C10H10ClNO2. The highest BCUT2D eigenvalue weighted by molar-refractivity contribution is 6.31. The molecule has 3 nitrogen and oxygen atoms in total. The number of ether oxygens (including phenoxy) is 1. The van der Waals surface area contributed by atoms with E-state index in [1.165, 1.54) is 6.08 Å². The van der Waals surface area contributed by atoms with E-state index in [2.05, 4.69) is 4.99 Å². The van der Waals surface area contributed by atoms with Crippen molar-refractivity contribution in [3.05, 3.63) is 28.8 Å². The molecule has 1 atom stereocenters. The fourth-order valence-corrected chi connectivity index (χ4v) is 1.45. The first-order valence-electron chi connectivity index (χ1n) is 4.09. The molecule has 74 valence electrons. The van der Waals surface area contributed by atoms with E-state index in [1.807, 2.05) is 0 Å². The second-order valence-corrected chi connectivity index (χ2v) is 3.19. The molecule has 0 amide bonds. The van der Waals surface area contributed by atoms with Gasteiger partial charge in [0.2, 0.25) is 6.08 Å². The van der Waals surface area contributed by atoms with Crippen LogP contribution in [0.25, 0.3) is 0 Å². The van der Waals surface area contributed by atoms with Gasteiger partial charge in [0.1, 0.15) is 5.75 Å². The number of aliphatic imine (C=N–C) groups is 1. The van der Waals surface area contributed by atoms with E-state index in [4.69, 9.17) is 16.3 Å². The maximum Gasteiger partial charge on any atom is 0.235 e. The van der Waals surface area contributed by atoms with Gasteiger partial charge in [-0.2, -0.15) is 4.99 Å². The standard InChI is InChI=1S/C10H10ClNO2/c1-7(12-6-13)9-4-3-8(14-2)5-10(9)11/h3-5,7H,1-2H3. The van der Waals surface area contributed by atoms with Crippen molar-refractivity contribution in [1.29, 1.82) is 0 Å². The highest BCUT2D eigenvalue weighted by atomic mass is 35.5. The summed E-state index contributed by atoms with van der Waals surface area (Å²) in [5.74, 6) is 0.682. The second kappa shape index (κ2) is 4.80. The van der Waals surface area contributed by atoms with Gasteiger partial charge in [-0.3, -0.25) is 0 Å². The lowest BCUT2D eigenvalue weighted by molar-refractivity contribution is 0.414. The average molecular weight is 212 g/mol. The molecule has 0 aromatic heterocycles. The largest absolute Gasteiger partial charge is 0.497 e. The van der Waals surface area contributed by atoms with Gasteiger partial charge in [0, 0.05) is 5.02 Å². The topological polar surface area (TPSA) is 38.7 Å². The fourth-order valence-electron chi connectivity index (χ4n) is 1.12. The van der Waals surface area contributed by atoms with E-state index in [9.17, 15) is 4.79 Å². The summed E-state index contributed by atoms with van der Waals surface area (Å²) in [6.07, 6.45) is 1.51. The molecule has 0 bridgehead atoms. The predicted molar refractivity (Wildman–Crippen MR) is 54.5 cm³/mol. The predicted octanol–water partition coefficient (Wildman–Crippen LogP) is 2.75. The molecule has 4 heteroatoms. The molecule has 0 saturated heterocycles. The Morgan fingerprint density at radius 1 is 1.57 bits per heavy atom. The maximum atomic E-state index is 10.1. The monoisotopic (exact) mass is 211 g/mol. The third-order valence-electron chi connectivity index (χ3n) is 1.90. The molecule has 1 rings (SSSR count). The zero-order valence-electron chi connectivity index (χ0n) is 7.95. The number of nitrogens with zero attached hydrogens (tertiary/aromatic N) is 1. The van der Waals surface area contributed by atoms with E-state index in [0.29, 0.717) is 10.8 Å². The maximum absolute atomic E-state index is 10.1. The highest BCUT2D eigenvalue weighted by Crippen LogP contribution is 2.28. The zero-order valence-corrected chi connectivity index (χ0v) is 8.71. The molecule has 0 N–H and O–H groups in total. The molecule has 0 fully saturated rings. The Balaban J connectivity index is 3.05. The van der Waals surface area contributed by atoms with Gasteiger partial charge in [-0.05, 0) is 24.6 Å². The van der Waals surface area contributed by atoms with Gasteiger partial charge in [0.15, 0.2) is 0 Å². The first kappa shape index (κ1) is 10.8. The Kier molecular flexibility index (Phi) is 3.69. The van der Waals surface area contributed by atoms with Crippen LogP contribution in [-0.2, 0) is 4.79 Å². The summed E-state index contributed by atoms with van der Waals surface area (Å²) < 4.78 is 5.00. The van der Waals surface area contributed by atoms with Gasteiger partial charge in [-0.15, -0.1) is 0 Å². The minimum absolute atomic E-state index is 0.272. The van der Waals surface area contributed by atoms with Crippen LogP contribution in [0.5, 0.6) is 5.75 Å². The van der Waals surface area contributed by atoms with Gasteiger partial charge in [0.25, 0.3) is 0 Å². The van der Waals surface area contributed by atoms with E-state index in [1.54, 1.807) is 32.2 Å². The quantitative estimate of drug-likeness (QED) is 0.570. The first-order valence-corrected chi connectivity index (χ1v) is 4.47. The van der Waals surface area contributed by atoms with Gasteiger partial charge >= 0.3 is 0 Å². The molecule has 14 heavy (non-hydrogen) atoms. The zero-order chi connectivity index (χ0) is 10.6. The molecule has 0 radical (unpaired) electrons. The summed E-state index contributed by atoms with van der Waals surface area (Å²) in [4.78, 5) is 13.6. The van der Waals surface area contributed by atoms with Crippen molar-refractivity contribution >= 4 is 17.7 Å². The fraction of sp³-hybridized carbons (Fsp3) is 0.300. The molecule has 1 unspecified atom stereocenters.